The molecule has 0 radical (unpaired) electrons. The average Bonchev–Trinajstić information content (AvgIpc) is 2.50. The van der Waals surface area contributed by atoms with Crippen LogP contribution in [0.1, 0.15) is 62.3 Å². The molecule has 0 aromatic carbocycles. The molecule has 118 valence electrons. The van der Waals surface area contributed by atoms with Crippen LogP contribution in [0.15, 0.2) is 21.2 Å². The maximum Gasteiger partial charge on any atom is 0.345 e. The Bertz CT molecular complexity index is 676. The van der Waals surface area contributed by atoms with Crippen LogP contribution >= 0.6 is 0 Å². The molecule has 0 saturated carbocycles. The Kier molecular flexibility index (Phi) is 5.19. The first-order valence-corrected chi connectivity index (χ1v) is 7.47. The zero-order valence-electron chi connectivity index (χ0n) is 13.1. The fourth-order valence-electron chi connectivity index (χ4n) is 2.31. The lowest BCUT2D eigenvalue weighted by Crippen LogP contribution is -2.37. The quantitative estimate of drug-likeness (QED) is 0.483. The van der Waals surface area contributed by atoms with E-state index in [1.807, 2.05) is 13.8 Å². The Hall–Kier alpha value is -2.31. The third-order valence-electron chi connectivity index (χ3n) is 3.43. The zero-order valence-corrected chi connectivity index (χ0v) is 13.1. The minimum Gasteiger partial charge on any atom is -0.462 e. The van der Waals surface area contributed by atoms with Gasteiger partial charge in [-0.25, -0.2) is 9.78 Å². The number of rotatable bonds is 4. The van der Waals surface area contributed by atoms with Crippen molar-refractivity contribution >= 4 is 17.9 Å². The highest BCUT2D eigenvalue weighted by molar-refractivity contribution is 5.99. The van der Waals surface area contributed by atoms with Crippen molar-refractivity contribution < 1.29 is 9.53 Å². The second kappa shape index (κ2) is 7.11. The van der Waals surface area contributed by atoms with Crippen LogP contribution in [0.2, 0.25) is 0 Å². The van der Waals surface area contributed by atoms with Gasteiger partial charge in [-0.05, 0) is 33.1 Å². The third-order valence-corrected chi connectivity index (χ3v) is 3.43. The van der Waals surface area contributed by atoms with Crippen molar-refractivity contribution in [3.63, 3.8) is 0 Å². The first kappa shape index (κ1) is 16.1. The minimum absolute atomic E-state index is 0.0431. The van der Waals surface area contributed by atoms with Gasteiger partial charge in [-0.3, -0.25) is 9.36 Å². The fraction of sp³-hybridized carbons (Fsp3) is 0.533. The topological polar surface area (TPSA) is 85.9 Å². The lowest BCUT2D eigenvalue weighted by atomic mass is 10.0. The molecule has 1 aromatic rings. The summed E-state index contributed by atoms with van der Waals surface area (Å²) in [5.41, 5.74) is 0.230. The molecule has 0 aliphatic carbocycles. The maximum atomic E-state index is 12.5. The van der Waals surface area contributed by atoms with Crippen molar-refractivity contribution in [1.82, 2.24) is 9.55 Å². The van der Waals surface area contributed by atoms with Crippen molar-refractivity contribution in [2.24, 2.45) is 10.2 Å². The van der Waals surface area contributed by atoms with E-state index in [1.165, 1.54) is 10.8 Å². The van der Waals surface area contributed by atoms with E-state index in [4.69, 9.17) is 4.74 Å². The molecule has 0 amide bonds. The lowest BCUT2D eigenvalue weighted by molar-refractivity contribution is 0.0522. The van der Waals surface area contributed by atoms with E-state index in [0.29, 0.717) is 18.0 Å². The highest BCUT2D eigenvalue weighted by Gasteiger charge is 2.26. The Balaban J connectivity index is 2.50. The van der Waals surface area contributed by atoms with E-state index in [2.05, 4.69) is 15.2 Å². The molecule has 2 heterocycles. The molecule has 1 unspecified atom stereocenters. The predicted octanol–water partition coefficient (Wildman–Crippen LogP) is 1.96. The summed E-state index contributed by atoms with van der Waals surface area (Å²) in [6.45, 7) is 5.80. The van der Waals surface area contributed by atoms with E-state index in [1.54, 1.807) is 13.1 Å². The van der Waals surface area contributed by atoms with E-state index in [-0.39, 0.29) is 23.8 Å². The monoisotopic (exact) mass is 304 g/mol. The van der Waals surface area contributed by atoms with Gasteiger partial charge in [-0.2, -0.15) is 10.2 Å². The summed E-state index contributed by atoms with van der Waals surface area (Å²) in [5.74, 6) is -0.166. The molecule has 22 heavy (non-hydrogen) atoms. The fourth-order valence-corrected chi connectivity index (χ4v) is 2.31. The van der Waals surface area contributed by atoms with Gasteiger partial charge in [0.25, 0.3) is 5.56 Å². The van der Waals surface area contributed by atoms with Crippen LogP contribution in [0.3, 0.4) is 0 Å². The molecule has 7 heteroatoms. The molecule has 7 nitrogen and oxygen atoms in total. The molecule has 0 fully saturated rings. The van der Waals surface area contributed by atoms with Crippen LogP contribution in [0.4, 0.5) is 0 Å². The number of nitrogens with zero attached hydrogens (tertiary/aromatic N) is 4. The average molecular weight is 304 g/mol. The van der Waals surface area contributed by atoms with Gasteiger partial charge in [0.05, 0.1) is 6.61 Å². The number of hydrogen-bond acceptors (Lipinski definition) is 6. The highest BCUT2D eigenvalue weighted by atomic mass is 16.5. The molecule has 1 aromatic heterocycles. The first-order valence-electron chi connectivity index (χ1n) is 7.47. The molecule has 0 N–H and O–H groups in total. The van der Waals surface area contributed by atoms with Crippen molar-refractivity contribution in [2.45, 2.75) is 46.1 Å². The van der Waals surface area contributed by atoms with Gasteiger partial charge in [-0.1, -0.05) is 6.92 Å². The molecular weight excluding hydrogens is 284 g/mol. The van der Waals surface area contributed by atoms with Crippen LogP contribution in [-0.4, -0.2) is 34.1 Å². The summed E-state index contributed by atoms with van der Waals surface area (Å²) < 4.78 is 6.41. The maximum absolute atomic E-state index is 12.5. The Labute approximate surface area is 128 Å². The summed E-state index contributed by atoms with van der Waals surface area (Å²) in [4.78, 5) is 28.6. The van der Waals surface area contributed by atoms with Gasteiger partial charge >= 0.3 is 5.97 Å². The van der Waals surface area contributed by atoms with E-state index in [0.717, 1.165) is 12.8 Å². The highest BCUT2D eigenvalue weighted by Crippen LogP contribution is 2.21. The van der Waals surface area contributed by atoms with E-state index in [9.17, 15) is 9.59 Å². The number of aromatic nitrogens is 2. The Morgan fingerprint density at radius 3 is 3.00 bits per heavy atom. The lowest BCUT2D eigenvalue weighted by Gasteiger charge is -2.24. The zero-order chi connectivity index (χ0) is 16.1. The van der Waals surface area contributed by atoms with Gasteiger partial charge in [0.15, 0.2) is 5.82 Å². The first-order chi connectivity index (χ1) is 10.6. The van der Waals surface area contributed by atoms with Crippen molar-refractivity contribution in [2.75, 3.05) is 6.61 Å². The van der Waals surface area contributed by atoms with Crippen LogP contribution in [0.5, 0.6) is 0 Å². The predicted molar refractivity (Wildman–Crippen MR) is 83.7 cm³/mol. The van der Waals surface area contributed by atoms with Crippen LogP contribution in [0, 0.1) is 0 Å². The van der Waals surface area contributed by atoms with Crippen LogP contribution in [-0.2, 0) is 4.74 Å². The molecular formula is C15H20N4O3. The number of esters is 1. The molecule has 1 atom stereocenters. The molecule has 1 aliphatic rings. The standard InChI is InChI=1S/C15H20N4O3/c1-4-8-17-18-12-7-6-10(3)19-13(12)16-9-11(14(19)20)15(21)22-5-2/h8-10H,4-7H2,1-3H3. The van der Waals surface area contributed by atoms with Crippen molar-refractivity contribution in [3.8, 4) is 0 Å². The summed E-state index contributed by atoms with van der Waals surface area (Å²) in [7, 11) is 0. The number of carbonyl (C=O) groups is 1. The second-order valence-corrected chi connectivity index (χ2v) is 5.03. The molecule has 2 rings (SSSR count). The van der Waals surface area contributed by atoms with Gasteiger partial charge in [0.2, 0.25) is 0 Å². The van der Waals surface area contributed by atoms with Crippen molar-refractivity contribution in [1.29, 1.82) is 0 Å². The van der Waals surface area contributed by atoms with E-state index < -0.39 is 5.97 Å². The molecule has 0 bridgehead atoms. The third kappa shape index (κ3) is 3.13. The number of ether oxygens (including phenoxy) is 1. The number of carbonyl (C=O) groups excluding carboxylic acids is 1. The summed E-state index contributed by atoms with van der Waals surface area (Å²) in [5, 5.41) is 8.12. The van der Waals surface area contributed by atoms with Crippen LogP contribution < -0.4 is 5.56 Å². The van der Waals surface area contributed by atoms with Gasteiger partial charge in [-0.15, -0.1) is 0 Å². The van der Waals surface area contributed by atoms with Crippen molar-refractivity contribution in [3.05, 3.63) is 27.9 Å². The van der Waals surface area contributed by atoms with Gasteiger partial charge in [0.1, 0.15) is 11.3 Å². The molecule has 0 saturated heterocycles. The molecule has 1 aliphatic heterocycles. The molecule has 0 spiro atoms. The van der Waals surface area contributed by atoms with E-state index >= 15 is 0 Å². The normalized spacial score (nSPS) is 19.4. The summed E-state index contributed by atoms with van der Waals surface area (Å²) >= 11 is 0. The largest absolute Gasteiger partial charge is 0.462 e. The second-order valence-electron chi connectivity index (χ2n) is 5.03. The van der Waals surface area contributed by atoms with Gasteiger partial charge < -0.3 is 4.74 Å². The Morgan fingerprint density at radius 2 is 2.32 bits per heavy atom. The Morgan fingerprint density at radius 1 is 1.55 bits per heavy atom. The van der Waals surface area contributed by atoms with Gasteiger partial charge in [0, 0.05) is 18.5 Å². The number of hydrogen-bond donors (Lipinski definition) is 0. The number of fused-ring (bicyclic) bond motifs is 1. The van der Waals surface area contributed by atoms with Crippen LogP contribution in [0.25, 0.3) is 0 Å². The minimum atomic E-state index is -0.643. The smallest absolute Gasteiger partial charge is 0.345 e. The SMILES string of the molecule is CCC=NN=C1CCC(C)n2c1ncc(C(=O)OCC)c2=O. The summed E-state index contributed by atoms with van der Waals surface area (Å²) in [6, 6.07) is -0.0431. The summed E-state index contributed by atoms with van der Waals surface area (Å²) in [6.07, 6.45) is 5.20.